The summed E-state index contributed by atoms with van der Waals surface area (Å²) in [6.07, 6.45) is 4.30. The number of hydrogen-bond donors (Lipinski definition) is 2. The third-order valence-corrected chi connectivity index (χ3v) is 3.82. The van der Waals surface area contributed by atoms with Gasteiger partial charge in [0.25, 0.3) is 0 Å². The van der Waals surface area contributed by atoms with Crippen molar-refractivity contribution in [1.82, 2.24) is 5.32 Å². The quantitative estimate of drug-likeness (QED) is 0.801. The molecule has 22 heavy (non-hydrogen) atoms. The summed E-state index contributed by atoms with van der Waals surface area (Å²) in [5.74, 6) is -0.414. The molecule has 0 radical (unpaired) electrons. The first-order valence-electron chi connectivity index (χ1n) is 7.48. The van der Waals surface area contributed by atoms with Crippen molar-refractivity contribution in [3.05, 3.63) is 24.3 Å². The lowest BCUT2D eigenvalue weighted by Gasteiger charge is -2.23. The summed E-state index contributed by atoms with van der Waals surface area (Å²) < 4.78 is 5.09. The van der Waals surface area contributed by atoms with E-state index < -0.39 is 5.97 Å². The lowest BCUT2D eigenvalue weighted by Crippen LogP contribution is -2.43. The third-order valence-electron chi connectivity index (χ3n) is 3.82. The smallest absolute Gasteiger partial charge is 0.323 e. The number of aliphatic carboxylic acids is 1. The summed E-state index contributed by atoms with van der Waals surface area (Å²) in [6, 6.07) is 7.24. The molecule has 0 saturated heterocycles. The molecule has 120 valence electrons. The molecule has 6 heteroatoms. The molecule has 0 unspecified atom stereocenters. The van der Waals surface area contributed by atoms with Crippen molar-refractivity contribution < 1.29 is 19.4 Å². The summed E-state index contributed by atoms with van der Waals surface area (Å²) >= 11 is 0. The molecule has 0 aromatic heterocycles. The Labute approximate surface area is 130 Å². The van der Waals surface area contributed by atoms with E-state index in [2.05, 4.69) is 5.32 Å². The van der Waals surface area contributed by atoms with Crippen molar-refractivity contribution in [3.63, 3.8) is 0 Å². The van der Waals surface area contributed by atoms with E-state index in [-0.39, 0.29) is 25.0 Å². The van der Waals surface area contributed by atoms with Gasteiger partial charge in [0, 0.05) is 11.7 Å². The average Bonchev–Trinajstić information content (AvgIpc) is 2.99. The van der Waals surface area contributed by atoms with Gasteiger partial charge in [0.15, 0.2) is 0 Å². The fourth-order valence-corrected chi connectivity index (χ4v) is 2.71. The van der Waals surface area contributed by atoms with Crippen LogP contribution in [-0.4, -0.2) is 43.2 Å². The molecule has 2 rings (SSSR count). The van der Waals surface area contributed by atoms with Crippen molar-refractivity contribution in [1.29, 1.82) is 0 Å². The zero-order chi connectivity index (χ0) is 15.9. The van der Waals surface area contributed by atoms with Crippen molar-refractivity contribution in [2.45, 2.75) is 31.7 Å². The molecule has 1 amide bonds. The van der Waals surface area contributed by atoms with Gasteiger partial charge < -0.3 is 20.1 Å². The number of ether oxygens (including phenoxy) is 1. The highest BCUT2D eigenvalue weighted by Gasteiger charge is 2.20. The van der Waals surface area contributed by atoms with Gasteiger partial charge in [-0.2, -0.15) is 0 Å². The molecule has 2 N–H and O–H groups in total. The molecule has 1 saturated carbocycles. The maximum Gasteiger partial charge on any atom is 0.323 e. The Bertz CT molecular complexity index is 509. The number of methoxy groups -OCH3 is 1. The minimum atomic E-state index is -0.968. The molecular weight excluding hydrogens is 284 g/mol. The zero-order valence-electron chi connectivity index (χ0n) is 12.7. The number of rotatable bonds is 7. The van der Waals surface area contributed by atoms with E-state index in [1.165, 1.54) is 0 Å². The summed E-state index contributed by atoms with van der Waals surface area (Å²) in [6.45, 7) is -0.181. The third kappa shape index (κ3) is 4.65. The topological polar surface area (TPSA) is 78.9 Å². The van der Waals surface area contributed by atoms with Crippen LogP contribution in [0.15, 0.2) is 24.3 Å². The molecule has 1 fully saturated rings. The summed E-state index contributed by atoms with van der Waals surface area (Å²) in [4.78, 5) is 24.7. The molecule has 0 aliphatic heterocycles. The van der Waals surface area contributed by atoms with E-state index in [0.29, 0.717) is 11.4 Å². The molecule has 0 bridgehead atoms. The van der Waals surface area contributed by atoms with Gasteiger partial charge in [0.05, 0.1) is 13.7 Å². The number of amides is 1. The molecule has 1 aliphatic rings. The average molecular weight is 306 g/mol. The molecule has 0 heterocycles. The number of carboxylic acids is 1. The fourth-order valence-electron chi connectivity index (χ4n) is 2.71. The van der Waals surface area contributed by atoms with Crippen molar-refractivity contribution in [3.8, 4) is 5.75 Å². The van der Waals surface area contributed by atoms with Crippen LogP contribution in [0.2, 0.25) is 0 Å². The largest absolute Gasteiger partial charge is 0.497 e. The monoisotopic (exact) mass is 306 g/mol. The Morgan fingerprint density at radius 3 is 2.41 bits per heavy atom. The van der Waals surface area contributed by atoms with E-state index in [4.69, 9.17) is 9.84 Å². The first-order valence-corrected chi connectivity index (χ1v) is 7.48. The van der Waals surface area contributed by atoms with E-state index >= 15 is 0 Å². The number of nitrogens with one attached hydrogen (secondary N) is 1. The van der Waals surface area contributed by atoms with Crippen molar-refractivity contribution in [2.75, 3.05) is 25.1 Å². The minimum absolute atomic E-state index is 0.0368. The van der Waals surface area contributed by atoms with E-state index in [0.717, 1.165) is 25.7 Å². The normalized spacial score (nSPS) is 14.6. The standard InChI is InChI=1S/C16H22N2O4/c1-22-14-8-6-13(7-9-14)18(11-16(20)21)10-15(19)17-12-4-2-3-5-12/h6-9,12H,2-5,10-11H2,1H3,(H,17,19)(H,20,21). The Morgan fingerprint density at radius 2 is 1.86 bits per heavy atom. The lowest BCUT2D eigenvalue weighted by molar-refractivity contribution is -0.135. The molecule has 1 aromatic carbocycles. The van der Waals surface area contributed by atoms with Gasteiger partial charge in [0.1, 0.15) is 12.3 Å². The van der Waals surface area contributed by atoms with Crippen LogP contribution in [0.5, 0.6) is 5.75 Å². The van der Waals surface area contributed by atoms with Crippen LogP contribution in [-0.2, 0) is 9.59 Å². The number of benzene rings is 1. The van der Waals surface area contributed by atoms with Crippen molar-refractivity contribution in [2.24, 2.45) is 0 Å². The van der Waals surface area contributed by atoms with Crippen LogP contribution in [0, 0.1) is 0 Å². The Hall–Kier alpha value is -2.24. The molecule has 1 aliphatic carbocycles. The number of carboxylic acid groups (broad SMARTS) is 1. The lowest BCUT2D eigenvalue weighted by atomic mass is 10.2. The summed E-state index contributed by atoms with van der Waals surface area (Å²) in [7, 11) is 1.57. The van der Waals surface area contributed by atoms with Crippen LogP contribution in [0.25, 0.3) is 0 Å². The predicted octanol–water partition coefficient (Wildman–Crippen LogP) is 1.64. The van der Waals surface area contributed by atoms with Crippen LogP contribution >= 0.6 is 0 Å². The highest BCUT2D eigenvalue weighted by Crippen LogP contribution is 2.20. The van der Waals surface area contributed by atoms with Gasteiger partial charge in [-0.25, -0.2) is 0 Å². The Balaban J connectivity index is 2.00. The molecule has 1 aromatic rings. The number of hydrogen-bond acceptors (Lipinski definition) is 4. The number of carbonyl (C=O) groups is 2. The fraction of sp³-hybridized carbons (Fsp3) is 0.500. The summed E-state index contributed by atoms with van der Waals surface area (Å²) in [5.41, 5.74) is 0.685. The van der Waals surface area contributed by atoms with Gasteiger partial charge in [-0.1, -0.05) is 12.8 Å². The number of nitrogens with zero attached hydrogens (tertiary/aromatic N) is 1. The minimum Gasteiger partial charge on any atom is -0.497 e. The first kappa shape index (κ1) is 16.1. The second kappa shape index (κ2) is 7.68. The van der Waals surface area contributed by atoms with Gasteiger partial charge in [-0.05, 0) is 37.1 Å². The predicted molar refractivity (Wildman–Crippen MR) is 83.2 cm³/mol. The van der Waals surface area contributed by atoms with Crippen LogP contribution in [0.1, 0.15) is 25.7 Å². The number of anilines is 1. The van der Waals surface area contributed by atoms with Crippen LogP contribution in [0.4, 0.5) is 5.69 Å². The molecule has 0 spiro atoms. The van der Waals surface area contributed by atoms with Crippen LogP contribution < -0.4 is 15.0 Å². The molecular formula is C16H22N2O4. The van der Waals surface area contributed by atoms with Crippen molar-refractivity contribution >= 4 is 17.6 Å². The molecule has 6 nitrogen and oxygen atoms in total. The highest BCUT2D eigenvalue weighted by molar-refractivity contribution is 5.84. The SMILES string of the molecule is COc1ccc(N(CC(=O)O)CC(=O)NC2CCCC2)cc1. The van der Waals surface area contributed by atoms with E-state index in [1.54, 1.807) is 36.3 Å². The second-order valence-corrected chi connectivity index (χ2v) is 5.50. The van der Waals surface area contributed by atoms with Gasteiger partial charge in [-0.3, -0.25) is 9.59 Å². The Morgan fingerprint density at radius 1 is 1.23 bits per heavy atom. The second-order valence-electron chi connectivity index (χ2n) is 5.50. The van der Waals surface area contributed by atoms with Gasteiger partial charge in [-0.15, -0.1) is 0 Å². The number of carbonyl (C=O) groups excluding carboxylic acids is 1. The maximum atomic E-state index is 12.1. The van der Waals surface area contributed by atoms with E-state index in [1.807, 2.05) is 0 Å². The van der Waals surface area contributed by atoms with E-state index in [9.17, 15) is 9.59 Å². The Kier molecular flexibility index (Phi) is 5.63. The molecule has 0 atom stereocenters. The maximum absolute atomic E-state index is 12.1. The highest BCUT2D eigenvalue weighted by atomic mass is 16.5. The van der Waals surface area contributed by atoms with Gasteiger partial charge >= 0.3 is 5.97 Å². The first-order chi connectivity index (χ1) is 10.6. The van der Waals surface area contributed by atoms with Crippen LogP contribution in [0.3, 0.4) is 0 Å². The summed E-state index contributed by atoms with van der Waals surface area (Å²) in [5, 5.41) is 12.0. The zero-order valence-corrected chi connectivity index (χ0v) is 12.7. The van der Waals surface area contributed by atoms with Gasteiger partial charge in [0.2, 0.25) is 5.91 Å².